The van der Waals surface area contributed by atoms with Gasteiger partial charge >= 0.3 is 0 Å². The first kappa shape index (κ1) is 13.8. The van der Waals surface area contributed by atoms with Crippen molar-refractivity contribution >= 4 is 10.2 Å². The molecule has 0 spiro atoms. The van der Waals surface area contributed by atoms with Gasteiger partial charge in [-0.05, 0) is 0 Å². The summed E-state index contributed by atoms with van der Waals surface area (Å²) in [6.45, 7) is 7.69. The van der Waals surface area contributed by atoms with E-state index in [1.807, 2.05) is 20.8 Å². The maximum Gasteiger partial charge on any atom is 0.281 e. The number of likely N-dealkylation sites (N-methyl/N-ethyl adjacent to an activating group) is 1. The fraction of sp³-hybridized carbons (Fsp3) is 1.00. The number of hydrogen-bond donors (Lipinski definition) is 1. The van der Waals surface area contributed by atoms with E-state index < -0.39 is 10.2 Å². The molecule has 0 aliphatic carbocycles. The highest BCUT2D eigenvalue weighted by Crippen LogP contribution is 2.06. The fourth-order valence-electron chi connectivity index (χ4n) is 1.29. The van der Waals surface area contributed by atoms with Gasteiger partial charge in [0.15, 0.2) is 0 Å². The molecule has 0 fully saturated rings. The maximum atomic E-state index is 11.9. The van der Waals surface area contributed by atoms with E-state index in [1.54, 1.807) is 0 Å². The molecule has 2 N–H and O–H groups in total. The highest BCUT2D eigenvalue weighted by molar-refractivity contribution is 7.86. The molecule has 0 unspecified atom stereocenters. The molecule has 0 radical (unpaired) electrons. The standard InChI is InChI=1S/C8H21N3O2S/c1-4-10(5-2)14(12,13)11(6-3)8-7-9/h4-9H2,1-3H3. The van der Waals surface area contributed by atoms with Crippen LogP contribution in [0.4, 0.5) is 0 Å². The van der Waals surface area contributed by atoms with Gasteiger partial charge in [0, 0.05) is 32.7 Å². The molecule has 14 heavy (non-hydrogen) atoms. The summed E-state index contributed by atoms with van der Waals surface area (Å²) in [5.41, 5.74) is 5.36. The lowest BCUT2D eigenvalue weighted by molar-refractivity contribution is 0.360. The molecule has 5 nitrogen and oxygen atoms in total. The zero-order valence-corrected chi connectivity index (χ0v) is 10.0. The number of hydrogen-bond acceptors (Lipinski definition) is 3. The molecule has 0 aromatic rings. The first-order chi connectivity index (χ1) is 6.54. The molecule has 0 aromatic carbocycles. The van der Waals surface area contributed by atoms with Crippen molar-refractivity contribution in [1.82, 2.24) is 8.61 Å². The number of nitrogens with two attached hydrogens (primary N) is 1. The van der Waals surface area contributed by atoms with Crippen LogP contribution in [0.2, 0.25) is 0 Å². The van der Waals surface area contributed by atoms with Crippen molar-refractivity contribution in [3.8, 4) is 0 Å². The molecule has 0 heterocycles. The topological polar surface area (TPSA) is 66.6 Å². The monoisotopic (exact) mass is 223 g/mol. The Morgan fingerprint density at radius 1 is 1.00 bits per heavy atom. The van der Waals surface area contributed by atoms with Gasteiger partial charge in [0.25, 0.3) is 10.2 Å². The predicted octanol–water partition coefficient (Wildman–Crippen LogP) is -0.146. The summed E-state index contributed by atoms with van der Waals surface area (Å²) in [5.74, 6) is 0. The number of nitrogens with zero attached hydrogens (tertiary/aromatic N) is 2. The number of rotatable bonds is 7. The summed E-state index contributed by atoms with van der Waals surface area (Å²) < 4.78 is 26.7. The molecule has 0 atom stereocenters. The molecule has 0 rings (SSSR count). The van der Waals surface area contributed by atoms with E-state index in [9.17, 15) is 8.42 Å². The van der Waals surface area contributed by atoms with E-state index in [2.05, 4.69) is 0 Å². The second-order valence-corrected chi connectivity index (χ2v) is 4.80. The van der Waals surface area contributed by atoms with Crippen LogP contribution in [0.25, 0.3) is 0 Å². The van der Waals surface area contributed by atoms with Crippen LogP contribution in [0, 0.1) is 0 Å². The molecule has 0 aromatic heterocycles. The SMILES string of the molecule is CCN(CC)S(=O)(=O)N(CC)CCN. The van der Waals surface area contributed by atoms with Crippen LogP contribution in [0.5, 0.6) is 0 Å². The average Bonchev–Trinajstić information content (AvgIpc) is 2.15. The molecular weight excluding hydrogens is 202 g/mol. The second kappa shape index (κ2) is 6.34. The minimum atomic E-state index is -3.29. The van der Waals surface area contributed by atoms with Crippen LogP contribution in [0.15, 0.2) is 0 Å². The lowest BCUT2D eigenvalue weighted by atomic mass is 10.6. The van der Waals surface area contributed by atoms with Gasteiger partial charge in [-0.1, -0.05) is 20.8 Å². The van der Waals surface area contributed by atoms with Crippen LogP contribution < -0.4 is 5.73 Å². The van der Waals surface area contributed by atoms with Crippen LogP contribution in [-0.4, -0.2) is 49.8 Å². The fourth-order valence-corrected chi connectivity index (χ4v) is 2.94. The Hall–Kier alpha value is -0.170. The lowest BCUT2D eigenvalue weighted by Gasteiger charge is -2.27. The van der Waals surface area contributed by atoms with Gasteiger partial charge in [0.2, 0.25) is 0 Å². The molecule has 0 bridgehead atoms. The van der Waals surface area contributed by atoms with Crippen molar-refractivity contribution in [1.29, 1.82) is 0 Å². The Bertz CT molecular complexity index is 237. The highest BCUT2D eigenvalue weighted by atomic mass is 32.2. The average molecular weight is 223 g/mol. The zero-order chi connectivity index (χ0) is 11.2. The first-order valence-corrected chi connectivity index (χ1v) is 6.39. The molecular formula is C8H21N3O2S. The maximum absolute atomic E-state index is 11.9. The van der Waals surface area contributed by atoms with Crippen LogP contribution >= 0.6 is 0 Å². The van der Waals surface area contributed by atoms with Gasteiger partial charge in [-0.2, -0.15) is 17.0 Å². The Kier molecular flexibility index (Phi) is 6.26. The van der Waals surface area contributed by atoms with E-state index in [1.165, 1.54) is 8.61 Å². The minimum Gasteiger partial charge on any atom is -0.329 e. The molecule has 86 valence electrons. The summed E-state index contributed by atoms with van der Waals surface area (Å²) in [4.78, 5) is 0. The first-order valence-electron chi connectivity index (χ1n) is 4.99. The van der Waals surface area contributed by atoms with E-state index in [0.717, 1.165) is 0 Å². The summed E-state index contributed by atoms with van der Waals surface area (Å²) >= 11 is 0. The second-order valence-electron chi connectivity index (χ2n) is 2.87. The van der Waals surface area contributed by atoms with Crippen LogP contribution in [-0.2, 0) is 10.2 Å². The van der Waals surface area contributed by atoms with Crippen molar-refractivity contribution in [3.05, 3.63) is 0 Å². The van der Waals surface area contributed by atoms with E-state index >= 15 is 0 Å². The third-order valence-corrected chi connectivity index (χ3v) is 4.35. The van der Waals surface area contributed by atoms with Gasteiger partial charge in [0.1, 0.15) is 0 Å². The van der Waals surface area contributed by atoms with Crippen LogP contribution in [0.1, 0.15) is 20.8 Å². The van der Waals surface area contributed by atoms with Crippen LogP contribution in [0.3, 0.4) is 0 Å². The largest absolute Gasteiger partial charge is 0.329 e. The lowest BCUT2D eigenvalue weighted by Crippen LogP contribution is -2.45. The Morgan fingerprint density at radius 2 is 1.43 bits per heavy atom. The van der Waals surface area contributed by atoms with Crippen molar-refractivity contribution in [2.45, 2.75) is 20.8 Å². The third-order valence-electron chi connectivity index (χ3n) is 2.09. The Labute approximate surface area is 87.0 Å². The summed E-state index contributed by atoms with van der Waals surface area (Å²) in [5, 5.41) is 0. The third kappa shape index (κ3) is 3.20. The molecule has 0 amide bonds. The van der Waals surface area contributed by atoms with Gasteiger partial charge in [-0.15, -0.1) is 0 Å². The molecule has 6 heteroatoms. The van der Waals surface area contributed by atoms with Crippen molar-refractivity contribution in [3.63, 3.8) is 0 Å². The van der Waals surface area contributed by atoms with Gasteiger partial charge in [0.05, 0.1) is 0 Å². The predicted molar refractivity (Wildman–Crippen MR) is 58.1 cm³/mol. The van der Waals surface area contributed by atoms with Gasteiger partial charge in [-0.3, -0.25) is 0 Å². The van der Waals surface area contributed by atoms with Crippen molar-refractivity contribution < 1.29 is 8.42 Å². The highest BCUT2D eigenvalue weighted by Gasteiger charge is 2.25. The Morgan fingerprint density at radius 3 is 1.71 bits per heavy atom. The normalized spacial score (nSPS) is 12.7. The van der Waals surface area contributed by atoms with E-state index in [4.69, 9.17) is 5.73 Å². The van der Waals surface area contributed by atoms with Crippen molar-refractivity contribution in [2.24, 2.45) is 5.73 Å². The Balaban J connectivity index is 4.71. The van der Waals surface area contributed by atoms with Crippen molar-refractivity contribution in [2.75, 3.05) is 32.7 Å². The summed E-state index contributed by atoms with van der Waals surface area (Å²) in [7, 11) is -3.29. The summed E-state index contributed by atoms with van der Waals surface area (Å²) in [6.07, 6.45) is 0. The summed E-state index contributed by atoms with van der Waals surface area (Å²) in [6, 6.07) is 0. The zero-order valence-electron chi connectivity index (χ0n) is 9.23. The smallest absolute Gasteiger partial charge is 0.281 e. The van der Waals surface area contributed by atoms with Gasteiger partial charge < -0.3 is 5.73 Å². The quantitative estimate of drug-likeness (QED) is 0.653. The van der Waals surface area contributed by atoms with E-state index in [-0.39, 0.29) is 0 Å². The minimum absolute atomic E-state index is 0.355. The van der Waals surface area contributed by atoms with Gasteiger partial charge in [-0.25, -0.2) is 0 Å². The molecule has 0 saturated carbocycles. The molecule has 0 saturated heterocycles. The molecule has 0 aliphatic rings. The van der Waals surface area contributed by atoms with E-state index in [0.29, 0.717) is 32.7 Å². The molecule has 0 aliphatic heterocycles.